The van der Waals surface area contributed by atoms with Crippen LogP contribution < -0.4 is 10.1 Å². The van der Waals surface area contributed by atoms with E-state index in [-0.39, 0.29) is 23.5 Å². The molecule has 1 aromatic carbocycles. The second-order valence-electron chi connectivity index (χ2n) is 8.25. The molecule has 1 N–H and O–H groups in total. The summed E-state index contributed by atoms with van der Waals surface area (Å²) >= 11 is 0. The molecule has 3 rings (SSSR count). The summed E-state index contributed by atoms with van der Waals surface area (Å²) in [6.07, 6.45) is 7.62. The quantitative estimate of drug-likeness (QED) is 0.527. The van der Waals surface area contributed by atoms with Crippen LogP contribution in [0.4, 0.5) is 0 Å². The van der Waals surface area contributed by atoms with Crippen molar-refractivity contribution in [1.29, 1.82) is 0 Å². The Kier molecular flexibility index (Phi) is 6.23. The molecule has 2 atom stereocenters. The van der Waals surface area contributed by atoms with Crippen LogP contribution in [0.3, 0.4) is 0 Å². The van der Waals surface area contributed by atoms with E-state index < -0.39 is 0 Å². The first-order chi connectivity index (χ1) is 12.6. The molecule has 1 aliphatic heterocycles. The molecule has 2 fully saturated rings. The average Bonchev–Trinajstić information content (AvgIpc) is 2.61. The molecule has 4 nitrogen and oxygen atoms in total. The van der Waals surface area contributed by atoms with E-state index in [1.165, 1.54) is 18.4 Å². The lowest BCUT2D eigenvalue weighted by atomic mass is 9.56. The third-order valence-corrected chi connectivity index (χ3v) is 6.16. The largest absolute Gasteiger partial charge is 0.496 e. The molecule has 0 bridgehead atoms. The number of esters is 1. The summed E-state index contributed by atoms with van der Waals surface area (Å²) in [6.45, 7) is 5.15. The number of carbonyl (C=O) groups is 1. The predicted molar refractivity (Wildman–Crippen MR) is 103 cm³/mol. The van der Waals surface area contributed by atoms with Gasteiger partial charge in [0.1, 0.15) is 5.75 Å². The van der Waals surface area contributed by atoms with Crippen LogP contribution in [0.1, 0.15) is 57.9 Å². The van der Waals surface area contributed by atoms with E-state index in [0.717, 1.165) is 44.4 Å². The van der Waals surface area contributed by atoms with Gasteiger partial charge in [-0.3, -0.25) is 10.1 Å². The van der Waals surface area contributed by atoms with Gasteiger partial charge in [0.25, 0.3) is 0 Å². The number of methoxy groups -OCH3 is 1. The summed E-state index contributed by atoms with van der Waals surface area (Å²) in [4.78, 5) is 12.3. The molecule has 0 aromatic heterocycles. The molecule has 2 unspecified atom stereocenters. The molecule has 1 spiro atoms. The maximum absolute atomic E-state index is 12.3. The van der Waals surface area contributed by atoms with Gasteiger partial charge in [0.15, 0.2) is 6.23 Å². The maximum atomic E-state index is 12.3. The number of carbonyl (C=O) groups excluding carboxylic acids is 1. The standard InChI is InChI=1S/C22H33NO3/c1-4-5-6-9-16(2)20(24)26-21-22(15-23-21)13-17(14-22)12-18-10-7-8-11-19(18)25-3/h7-8,10-11,16-17,21,23H,4-6,9,12-15H2,1-3H3. The van der Waals surface area contributed by atoms with Crippen molar-refractivity contribution in [1.82, 2.24) is 5.32 Å². The number of rotatable bonds is 9. The maximum Gasteiger partial charge on any atom is 0.310 e. The summed E-state index contributed by atoms with van der Waals surface area (Å²) in [7, 11) is 1.73. The molecule has 0 radical (unpaired) electrons. The number of unbranched alkanes of at least 4 members (excludes halogenated alkanes) is 2. The fraction of sp³-hybridized carbons (Fsp3) is 0.682. The first kappa shape index (κ1) is 19.2. The van der Waals surface area contributed by atoms with E-state index in [4.69, 9.17) is 9.47 Å². The van der Waals surface area contributed by atoms with Gasteiger partial charge < -0.3 is 9.47 Å². The summed E-state index contributed by atoms with van der Waals surface area (Å²) in [5, 5.41) is 3.33. The zero-order valence-corrected chi connectivity index (χ0v) is 16.4. The van der Waals surface area contributed by atoms with Crippen LogP contribution in [0.2, 0.25) is 0 Å². The van der Waals surface area contributed by atoms with E-state index in [1.54, 1.807) is 7.11 Å². The second kappa shape index (κ2) is 8.43. The van der Waals surface area contributed by atoms with E-state index in [0.29, 0.717) is 5.92 Å². The summed E-state index contributed by atoms with van der Waals surface area (Å²) < 4.78 is 11.3. The van der Waals surface area contributed by atoms with Crippen molar-refractivity contribution in [3.05, 3.63) is 29.8 Å². The van der Waals surface area contributed by atoms with Crippen LogP contribution in [-0.4, -0.2) is 25.9 Å². The minimum atomic E-state index is -0.0856. The summed E-state index contributed by atoms with van der Waals surface area (Å²) in [5.74, 6) is 1.59. The third-order valence-electron chi connectivity index (χ3n) is 6.16. The number of benzene rings is 1. The van der Waals surface area contributed by atoms with Gasteiger partial charge in [0.2, 0.25) is 0 Å². The molecule has 144 valence electrons. The van der Waals surface area contributed by atoms with E-state index in [2.05, 4.69) is 24.4 Å². The van der Waals surface area contributed by atoms with Crippen LogP contribution >= 0.6 is 0 Å². The highest BCUT2D eigenvalue weighted by Crippen LogP contribution is 2.53. The highest BCUT2D eigenvalue weighted by atomic mass is 16.6. The van der Waals surface area contributed by atoms with Crippen LogP contribution in [0.5, 0.6) is 5.75 Å². The van der Waals surface area contributed by atoms with Crippen molar-refractivity contribution in [3.63, 3.8) is 0 Å². The van der Waals surface area contributed by atoms with Gasteiger partial charge in [-0.05, 0) is 43.2 Å². The lowest BCUT2D eigenvalue weighted by Gasteiger charge is -2.58. The number of nitrogens with one attached hydrogen (secondary N) is 1. The Morgan fingerprint density at radius 3 is 2.73 bits per heavy atom. The smallest absolute Gasteiger partial charge is 0.310 e. The number of para-hydroxylation sites is 1. The van der Waals surface area contributed by atoms with Crippen LogP contribution in [0, 0.1) is 17.3 Å². The van der Waals surface area contributed by atoms with Gasteiger partial charge >= 0.3 is 5.97 Å². The van der Waals surface area contributed by atoms with Crippen molar-refractivity contribution in [2.75, 3.05) is 13.7 Å². The van der Waals surface area contributed by atoms with Crippen LogP contribution in [-0.2, 0) is 16.0 Å². The Morgan fingerprint density at radius 2 is 2.08 bits per heavy atom. The first-order valence-electron chi connectivity index (χ1n) is 10.1. The van der Waals surface area contributed by atoms with Crippen molar-refractivity contribution >= 4 is 5.97 Å². The zero-order valence-electron chi connectivity index (χ0n) is 16.4. The van der Waals surface area contributed by atoms with E-state index in [9.17, 15) is 4.79 Å². The first-order valence-corrected chi connectivity index (χ1v) is 10.1. The summed E-state index contributed by atoms with van der Waals surface area (Å²) in [5.41, 5.74) is 1.45. The van der Waals surface area contributed by atoms with Gasteiger partial charge in [-0.1, -0.05) is 51.3 Å². The SMILES string of the molecule is CCCCCC(C)C(=O)OC1NCC12CC(Cc1ccccc1OC)C2. The molecule has 1 aliphatic carbocycles. The topological polar surface area (TPSA) is 47.6 Å². The molecule has 26 heavy (non-hydrogen) atoms. The van der Waals surface area contributed by atoms with Crippen molar-refractivity contribution < 1.29 is 14.3 Å². The Bertz CT molecular complexity index is 609. The molecule has 4 heteroatoms. The minimum absolute atomic E-state index is 0.00505. The molecule has 1 saturated carbocycles. The molecule has 1 saturated heterocycles. The van der Waals surface area contributed by atoms with E-state index in [1.807, 2.05) is 19.1 Å². The lowest BCUT2D eigenvalue weighted by Crippen LogP contribution is -2.69. The fourth-order valence-electron chi connectivity index (χ4n) is 4.47. The number of hydrogen-bond donors (Lipinski definition) is 1. The van der Waals surface area contributed by atoms with Crippen LogP contribution in [0.25, 0.3) is 0 Å². The predicted octanol–water partition coefficient (Wildman–Crippen LogP) is 4.32. The molecule has 0 amide bonds. The highest BCUT2D eigenvalue weighted by Gasteiger charge is 2.57. The zero-order chi connectivity index (χ0) is 18.6. The van der Waals surface area contributed by atoms with Gasteiger partial charge in [-0.15, -0.1) is 0 Å². The normalized spacial score (nSPS) is 28.1. The van der Waals surface area contributed by atoms with Gasteiger partial charge in [0, 0.05) is 12.0 Å². The Morgan fingerprint density at radius 1 is 1.31 bits per heavy atom. The summed E-state index contributed by atoms with van der Waals surface area (Å²) in [6, 6.07) is 8.26. The van der Waals surface area contributed by atoms with Crippen LogP contribution in [0.15, 0.2) is 24.3 Å². The van der Waals surface area contributed by atoms with Gasteiger partial charge in [-0.25, -0.2) is 0 Å². The van der Waals surface area contributed by atoms with E-state index >= 15 is 0 Å². The average molecular weight is 360 g/mol. The van der Waals surface area contributed by atoms with Gasteiger partial charge in [-0.2, -0.15) is 0 Å². The monoisotopic (exact) mass is 359 g/mol. The second-order valence-corrected chi connectivity index (χ2v) is 8.25. The van der Waals surface area contributed by atoms with Crippen molar-refractivity contribution in [2.45, 2.75) is 65.0 Å². The molecule has 1 aromatic rings. The van der Waals surface area contributed by atoms with Gasteiger partial charge in [0.05, 0.1) is 13.0 Å². The molecular weight excluding hydrogens is 326 g/mol. The molecular formula is C22H33NO3. The Balaban J connectivity index is 1.46. The third kappa shape index (κ3) is 4.06. The number of ether oxygens (including phenoxy) is 2. The minimum Gasteiger partial charge on any atom is -0.496 e. The highest BCUT2D eigenvalue weighted by molar-refractivity contribution is 5.72. The fourth-order valence-corrected chi connectivity index (χ4v) is 4.47. The van der Waals surface area contributed by atoms with Crippen molar-refractivity contribution in [2.24, 2.45) is 17.3 Å². The lowest BCUT2D eigenvalue weighted by molar-refractivity contribution is -0.197. The molecule has 1 heterocycles. The van der Waals surface area contributed by atoms with Crippen molar-refractivity contribution in [3.8, 4) is 5.75 Å². The Hall–Kier alpha value is -1.55. The molecule has 2 aliphatic rings. The Labute approximate surface area is 157 Å². The number of hydrogen-bond acceptors (Lipinski definition) is 4.